The Kier molecular flexibility index (Phi) is 6.52. The van der Waals surface area contributed by atoms with Gasteiger partial charge >= 0.3 is 0 Å². The van der Waals surface area contributed by atoms with Crippen molar-refractivity contribution in [1.29, 1.82) is 0 Å². The second kappa shape index (κ2) is 9.06. The number of carbonyl (C=O) groups is 2. The molecule has 1 aliphatic rings. The third kappa shape index (κ3) is 5.01. The molecule has 1 unspecified atom stereocenters. The monoisotopic (exact) mass is 383 g/mol. The minimum Gasteiger partial charge on any atom is -0.497 e. The number of nitrogens with zero attached hydrogens (tertiary/aromatic N) is 2. The lowest BCUT2D eigenvalue weighted by Crippen LogP contribution is -2.47. The lowest BCUT2D eigenvalue weighted by molar-refractivity contribution is -0.133. The zero-order valence-electron chi connectivity index (χ0n) is 16.7. The molecule has 1 aliphatic heterocycles. The van der Waals surface area contributed by atoms with Gasteiger partial charge in [-0.15, -0.1) is 0 Å². The van der Waals surface area contributed by atoms with E-state index in [4.69, 9.17) is 10.5 Å². The quantitative estimate of drug-likeness (QED) is 0.797. The maximum absolute atomic E-state index is 12.7. The van der Waals surface area contributed by atoms with Gasteiger partial charge in [-0.25, -0.2) is 0 Å². The fourth-order valence-electron chi connectivity index (χ4n) is 3.89. The highest BCUT2D eigenvalue weighted by molar-refractivity contribution is 5.85. The number of likely N-dealkylation sites (tertiary alicyclic amines) is 1. The molecular weight excluding hydrogens is 354 g/mol. The predicted molar refractivity (Wildman–Crippen MR) is 110 cm³/mol. The Morgan fingerprint density at radius 3 is 2.68 bits per heavy atom. The highest BCUT2D eigenvalue weighted by atomic mass is 16.5. The molecule has 2 amide bonds. The summed E-state index contributed by atoms with van der Waals surface area (Å²) in [5.74, 6) is 0.594. The summed E-state index contributed by atoms with van der Waals surface area (Å²) in [6, 6.07) is 12.3. The Balaban J connectivity index is 1.63. The van der Waals surface area contributed by atoms with Crippen LogP contribution in [0.15, 0.2) is 36.4 Å². The first-order valence-corrected chi connectivity index (χ1v) is 9.79. The summed E-state index contributed by atoms with van der Waals surface area (Å²) in [4.78, 5) is 27.9. The molecule has 6 heteroatoms. The number of primary amides is 1. The molecule has 150 valence electrons. The minimum absolute atomic E-state index is 0.0613. The summed E-state index contributed by atoms with van der Waals surface area (Å²) in [6.45, 7) is 1.73. The second-order valence-electron chi connectivity index (χ2n) is 7.59. The van der Waals surface area contributed by atoms with E-state index in [0.717, 1.165) is 47.9 Å². The van der Waals surface area contributed by atoms with Crippen molar-refractivity contribution in [1.82, 2.24) is 9.80 Å². The predicted octanol–water partition coefficient (Wildman–Crippen LogP) is 2.54. The van der Waals surface area contributed by atoms with Gasteiger partial charge in [0, 0.05) is 26.1 Å². The van der Waals surface area contributed by atoms with Crippen molar-refractivity contribution in [3.8, 4) is 5.75 Å². The standard InChI is InChI=1S/C22H29N3O3/c1-24(22(27)15-25-10-4-3-5-19(25)13-21(23)26)14-16-6-7-18-12-20(28-2)9-8-17(18)11-16/h6-9,11-12,19H,3-5,10,13-15H2,1-2H3,(H2,23,26). The van der Waals surface area contributed by atoms with Gasteiger partial charge in [0.15, 0.2) is 0 Å². The number of carbonyl (C=O) groups excluding carboxylic acids is 2. The van der Waals surface area contributed by atoms with Crippen molar-refractivity contribution in [2.75, 3.05) is 27.2 Å². The van der Waals surface area contributed by atoms with Crippen molar-refractivity contribution < 1.29 is 14.3 Å². The maximum atomic E-state index is 12.7. The van der Waals surface area contributed by atoms with E-state index in [-0.39, 0.29) is 17.9 Å². The molecule has 0 spiro atoms. The number of fused-ring (bicyclic) bond motifs is 1. The van der Waals surface area contributed by atoms with Gasteiger partial charge in [0.2, 0.25) is 11.8 Å². The lowest BCUT2D eigenvalue weighted by atomic mass is 9.99. The number of methoxy groups -OCH3 is 1. The van der Waals surface area contributed by atoms with E-state index in [9.17, 15) is 9.59 Å². The molecule has 2 aromatic rings. The van der Waals surface area contributed by atoms with E-state index in [0.29, 0.717) is 19.5 Å². The number of piperidine rings is 1. The molecular formula is C22H29N3O3. The molecule has 1 saturated heterocycles. The number of ether oxygens (including phenoxy) is 1. The van der Waals surface area contributed by atoms with Gasteiger partial charge in [-0.1, -0.05) is 24.6 Å². The van der Waals surface area contributed by atoms with Gasteiger partial charge in [-0.3, -0.25) is 14.5 Å². The Bertz CT molecular complexity index is 852. The number of amides is 2. The smallest absolute Gasteiger partial charge is 0.236 e. The molecule has 1 heterocycles. The van der Waals surface area contributed by atoms with Crippen LogP contribution in [0.5, 0.6) is 5.75 Å². The van der Waals surface area contributed by atoms with Gasteiger partial charge < -0.3 is 15.4 Å². The molecule has 6 nitrogen and oxygen atoms in total. The maximum Gasteiger partial charge on any atom is 0.236 e. The summed E-state index contributed by atoms with van der Waals surface area (Å²) in [7, 11) is 3.49. The Labute approximate surface area is 166 Å². The molecule has 1 fully saturated rings. The third-order valence-corrected chi connectivity index (χ3v) is 5.48. The number of benzene rings is 2. The minimum atomic E-state index is -0.300. The largest absolute Gasteiger partial charge is 0.497 e. The second-order valence-corrected chi connectivity index (χ2v) is 7.59. The van der Waals surface area contributed by atoms with Gasteiger partial charge in [-0.2, -0.15) is 0 Å². The van der Waals surface area contributed by atoms with Crippen LogP contribution in [0.3, 0.4) is 0 Å². The lowest BCUT2D eigenvalue weighted by Gasteiger charge is -2.35. The number of hydrogen-bond acceptors (Lipinski definition) is 4. The molecule has 2 N–H and O–H groups in total. The number of likely N-dealkylation sites (N-methyl/N-ethyl adjacent to an activating group) is 1. The molecule has 28 heavy (non-hydrogen) atoms. The Morgan fingerprint density at radius 1 is 1.18 bits per heavy atom. The summed E-state index contributed by atoms with van der Waals surface area (Å²) in [5, 5.41) is 2.23. The summed E-state index contributed by atoms with van der Waals surface area (Å²) in [6.07, 6.45) is 3.39. The van der Waals surface area contributed by atoms with Crippen molar-refractivity contribution in [2.24, 2.45) is 5.73 Å². The van der Waals surface area contributed by atoms with Crippen molar-refractivity contribution in [3.05, 3.63) is 42.0 Å². The van der Waals surface area contributed by atoms with E-state index >= 15 is 0 Å². The van der Waals surface area contributed by atoms with Crippen LogP contribution < -0.4 is 10.5 Å². The number of hydrogen-bond donors (Lipinski definition) is 1. The van der Waals surface area contributed by atoms with Crippen molar-refractivity contribution in [2.45, 2.75) is 38.3 Å². The zero-order valence-corrected chi connectivity index (χ0v) is 16.7. The van der Waals surface area contributed by atoms with Crippen LogP contribution in [-0.2, 0) is 16.1 Å². The normalized spacial score (nSPS) is 17.4. The van der Waals surface area contributed by atoms with Crippen LogP contribution in [-0.4, -0.2) is 54.9 Å². The van der Waals surface area contributed by atoms with Crippen LogP contribution in [0.1, 0.15) is 31.2 Å². The summed E-state index contributed by atoms with van der Waals surface area (Å²) >= 11 is 0. The van der Waals surface area contributed by atoms with Gasteiger partial charge in [-0.05, 0) is 53.9 Å². The number of nitrogens with two attached hydrogens (primary N) is 1. The van der Waals surface area contributed by atoms with Crippen LogP contribution in [0, 0.1) is 0 Å². The highest BCUT2D eigenvalue weighted by Gasteiger charge is 2.26. The zero-order chi connectivity index (χ0) is 20.1. The first-order valence-electron chi connectivity index (χ1n) is 9.79. The molecule has 0 radical (unpaired) electrons. The third-order valence-electron chi connectivity index (χ3n) is 5.48. The summed E-state index contributed by atoms with van der Waals surface area (Å²) in [5.41, 5.74) is 6.46. The van der Waals surface area contributed by atoms with Gasteiger partial charge in [0.25, 0.3) is 0 Å². The fraction of sp³-hybridized carbons (Fsp3) is 0.455. The van der Waals surface area contributed by atoms with Gasteiger partial charge in [0.1, 0.15) is 5.75 Å². The van der Waals surface area contributed by atoms with E-state index in [1.807, 2.05) is 31.3 Å². The van der Waals surface area contributed by atoms with Gasteiger partial charge in [0.05, 0.1) is 13.7 Å². The molecule has 0 saturated carbocycles. The molecule has 0 aromatic heterocycles. The highest BCUT2D eigenvalue weighted by Crippen LogP contribution is 2.23. The van der Waals surface area contributed by atoms with Crippen LogP contribution >= 0.6 is 0 Å². The average Bonchev–Trinajstić information content (AvgIpc) is 2.68. The van der Waals surface area contributed by atoms with E-state index in [2.05, 4.69) is 17.0 Å². The molecule has 1 atom stereocenters. The Hall–Kier alpha value is -2.60. The van der Waals surface area contributed by atoms with Crippen molar-refractivity contribution >= 4 is 22.6 Å². The number of rotatable bonds is 7. The fourth-order valence-corrected chi connectivity index (χ4v) is 3.89. The Morgan fingerprint density at radius 2 is 1.93 bits per heavy atom. The van der Waals surface area contributed by atoms with Crippen LogP contribution in [0.2, 0.25) is 0 Å². The van der Waals surface area contributed by atoms with E-state index in [1.54, 1.807) is 12.0 Å². The summed E-state index contributed by atoms with van der Waals surface area (Å²) < 4.78 is 5.27. The average molecular weight is 383 g/mol. The van der Waals surface area contributed by atoms with Crippen LogP contribution in [0.25, 0.3) is 10.8 Å². The molecule has 0 bridgehead atoms. The van der Waals surface area contributed by atoms with Crippen LogP contribution in [0.4, 0.5) is 0 Å². The topological polar surface area (TPSA) is 75.9 Å². The first kappa shape index (κ1) is 20.1. The molecule has 0 aliphatic carbocycles. The SMILES string of the molecule is COc1ccc2cc(CN(C)C(=O)CN3CCCCC3CC(N)=O)ccc2c1. The molecule has 3 rings (SSSR count). The van der Waals surface area contributed by atoms with Crippen molar-refractivity contribution in [3.63, 3.8) is 0 Å². The molecule has 2 aromatic carbocycles. The first-order chi connectivity index (χ1) is 13.5. The van der Waals surface area contributed by atoms with E-state index in [1.165, 1.54) is 0 Å². The van der Waals surface area contributed by atoms with E-state index < -0.39 is 0 Å².